The number of rotatable bonds is 8. The summed E-state index contributed by atoms with van der Waals surface area (Å²) in [5.74, 6) is -1.96. The second-order valence-electron chi connectivity index (χ2n) is 4.97. The van der Waals surface area contributed by atoms with E-state index in [0.717, 1.165) is 12.1 Å². The first kappa shape index (κ1) is 18.3. The Labute approximate surface area is 127 Å². The maximum Gasteiger partial charge on any atom is 0.387 e. The molecule has 124 valence electrons. The lowest BCUT2D eigenvalue weighted by Crippen LogP contribution is -2.41. The highest BCUT2D eigenvalue weighted by molar-refractivity contribution is 7.89. The van der Waals surface area contributed by atoms with Crippen molar-refractivity contribution in [3.8, 4) is 5.75 Å². The molecule has 0 aromatic heterocycles. The second-order valence-corrected chi connectivity index (χ2v) is 6.65. The molecule has 1 rings (SSSR count). The van der Waals surface area contributed by atoms with Crippen molar-refractivity contribution in [1.82, 2.24) is 4.72 Å². The number of alkyl halides is 2. The molecule has 22 heavy (non-hydrogen) atoms. The van der Waals surface area contributed by atoms with Gasteiger partial charge < -0.3 is 9.84 Å². The topological polar surface area (TPSA) is 92.7 Å². The number of aliphatic carboxylic acids is 1. The normalized spacial score (nSPS) is 13.4. The molecule has 2 N–H and O–H groups in total. The van der Waals surface area contributed by atoms with Crippen LogP contribution in [0.3, 0.4) is 0 Å². The first-order valence-corrected chi connectivity index (χ1v) is 7.90. The van der Waals surface area contributed by atoms with Gasteiger partial charge in [-0.25, -0.2) is 8.42 Å². The van der Waals surface area contributed by atoms with Crippen molar-refractivity contribution in [1.29, 1.82) is 0 Å². The maximum absolute atomic E-state index is 12.3. The van der Waals surface area contributed by atoms with Crippen molar-refractivity contribution in [3.05, 3.63) is 24.3 Å². The summed E-state index contributed by atoms with van der Waals surface area (Å²) < 4.78 is 55.3. The summed E-state index contributed by atoms with van der Waals surface area (Å²) in [4.78, 5) is 10.6. The molecular formula is C13H17F2NO5S. The molecule has 0 heterocycles. The summed E-state index contributed by atoms with van der Waals surface area (Å²) in [6.07, 6.45) is 0.0619. The third kappa shape index (κ3) is 5.23. The van der Waals surface area contributed by atoms with Gasteiger partial charge in [-0.2, -0.15) is 13.5 Å². The molecular weight excluding hydrogens is 320 g/mol. The Hall–Kier alpha value is -1.74. The molecule has 1 aromatic rings. The molecule has 0 amide bonds. The first-order valence-electron chi connectivity index (χ1n) is 6.42. The molecule has 0 radical (unpaired) electrons. The van der Waals surface area contributed by atoms with Gasteiger partial charge in [0.15, 0.2) is 0 Å². The number of hydrogen-bond donors (Lipinski definition) is 2. The number of halogens is 2. The van der Waals surface area contributed by atoms with Gasteiger partial charge in [-0.05, 0) is 24.5 Å². The van der Waals surface area contributed by atoms with Crippen LogP contribution in [0, 0.1) is 5.92 Å². The molecule has 1 aromatic carbocycles. The van der Waals surface area contributed by atoms with E-state index < -0.39 is 39.3 Å². The molecule has 0 aliphatic carbocycles. The molecule has 6 nitrogen and oxygen atoms in total. The zero-order valence-corrected chi connectivity index (χ0v) is 12.8. The summed E-state index contributed by atoms with van der Waals surface area (Å²) in [5, 5.41) is 9.07. The molecule has 0 spiro atoms. The Bertz CT molecular complexity index is 619. The third-order valence-corrected chi connectivity index (χ3v) is 4.17. The Balaban J connectivity index is 3.10. The third-order valence-electron chi connectivity index (χ3n) is 2.66. The lowest BCUT2D eigenvalue weighted by molar-refractivity contribution is -0.139. The highest BCUT2D eigenvalue weighted by atomic mass is 32.2. The van der Waals surface area contributed by atoms with E-state index in [9.17, 15) is 22.0 Å². The number of benzene rings is 1. The van der Waals surface area contributed by atoms with Crippen LogP contribution in [-0.4, -0.2) is 32.1 Å². The van der Waals surface area contributed by atoms with E-state index in [2.05, 4.69) is 4.74 Å². The van der Waals surface area contributed by atoms with Crippen molar-refractivity contribution in [2.75, 3.05) is 0 Å². The van der Waals surface area contributed by atoms with E-state index in [-0.39, 0.29) is 12.3 Å². The van der Waals surface area contributed by atoms with Crippen molar-refractivity contribution in [3.63, 3.8) is 0 Å². The van der Waals surface area contributed by atoms with Gasteiger partial charge in [0.2, 0.25) is 10.0 Å². The summed E-state index contributed by atoms with van der Waals surface area (Å²) in [5.41, 5.74) is 0. The average Bonchev–Trinajstić information content (AvgIpc) is 2.36. The second kappa shape index (κ2) is 7.50. The van der Waals surface area contributed by atoms with Gasteiger partial charge in [0, 0.05) is 0 Å². The Morgan fingerprint density at radius 2 is 1.91 bits per heavy atom. The van der Waals surface area contributed by atoms with E-state index in [1.165, 1.54) is 12.1 Å². The number of sulfonamides is 1. The Kier molecular flexibility index (Phi) is 6.24. The highest BCUT2D eigenvalue weighted by Crippen LogP contribution is 2.25. The van der Waals surface area contributed by atoms with E-state index in [4.69, 9.17) is 5.11 Å². The first-order chi connectivity index (χ1) is 10.1. The van der Waals surface area contributed by atoms with E-state index >= 15 is 0 Å². The van der Waals surface area contributed by atoms with E-state index in [1.54, 1.807) is 13.8 Å². The molecule has 0 aliphatic rings. The Morgan fingerprint density at radius 1 is 1.32 bits per heavy atom. The fourth-order valence-corrected chi connectivity index (χ4v) is 3.12. The number of nitrogens with one attached hydrogen (secondary N) is 1. The van der Waals surface area contributed by atoms with Crippen LogP contribution in [-0.2, 0) is 14.8 Å². The fraction of sp³-hybridized carbons (Fsp3) is 0.462. The standard InChI is InChI=1S/C13H17F2NO5S/c1-8(2)7-9(12(17)18)16-22(19,20)11-6-4-3-5-10(11)21-13(14)15/h3-6,8-9,13,16H,7H2,1-2H3,(H,17,18). The SMILES string of the molecule is CC(C)CC(NS(=O)(=O)c1ccccc1OC(F)F)C(=O)O. The van der Waals surface area contributed by atoms with Crippen LogP contribution in [0.5, 0.6) is 5.75 Å². The van der Waals surface area contributed by atoms with Gasteiger partial charge in [0.25, 0.3) is 0 Å². The van der Waals surface area contributed by atoms with Crippen molar-refractivity contribution in [2.24, 2.45) is 5.92 Å². The zero-order valence-electron chi connectivity index (χ0n) is 12.0. The summed E-state index contributed by atoms with van der Waals surface area (Å²) in [6.45, 7) is 0.276. The van der Waals surface area contributed by atoms with Gasteiger partial charge in [-0.15, -0.1) is 0 Å². The lowest BCUT2D eigenvalue weighted by Gasteiger charge is -2.18. The van der Waals surface area contributed by atoms with Crippen molar-refractivity contribution < 1.29 is 31.8 Å². The smallest absolute Gasteiger partial charge is 0.387 e. The van der Waals surface area contributed by atoms with Gasteiger partial charge in [0.05, 0.1) is 0 Å². The highest BCUT2D eigenvalue weighted by Gasteiger charge is 2.28. The molecule has 1 atom stereocenters. The van der Waals surface area contributed by atoms with Gasteiger partial charge in [-0.3, -0.25) is 4.79 Å². The minimum absolute atomic E-state index is 0.0619. The van der Waals surface area contributed by atoms with Crippen LogP contribution in [0.15, 0.2) is 29.2 Å². The van der Waals surface area contributed by atoms with E-state index in [1.807, 2.05) is 4.72 Å². The largest absolute Gasteiger partial charge is 0.480 e. The maximum atomic E-state index is 12.3. The van der Waals surface area contributed by atoms with Crippen LogP contribution in [0.2, 0.25) is 0 Å². The molecule has 9 heteroatoms. The van der Waals surface area contributed by atoms with Crippen molar-refractivity contribution >= 4 is 16.0 Å². The number of carbonyl (C=O) groups is 1. The summed E-state index contributed by atoms with van der Waals surface area (Å²) in [6, 6.07) is 3.43. The number of hydrogen-bond acceptors (Lipinski definition) is 4. The zero-order chi connectivity index (χ0) is 16.9. The fourth-order valence-electron chi connectivity index (χ4n) is 1.79. The number of carboxylic acid groups (broad SMARTS) is 1. The van der Waals surface area contributed by atoms with Gasteiger partial charge in [0.1, 0.15) is 16.7 Å². The van der Waals surface area contributed by atoms with Crippen LogP contribution in [0.1, 0.15) is 20.3 Å². The number of para-hydroxylation sites is 1. The molecule has 1 unspecified atom stereocenters. The van der Waals surface area contributed by atoms with Gasteiger partial charge >= 0.3 is 12.6 Å². The number of ether oxygens (including phenoxy) is 1. The van der Waals surface area contributed by atoms with Crippen LogP contribution in [0.4, 0.5) is 8.78 Å². The quantitative estimate of drug-likeness (QED) is 0.757. The van der Waals surface area contributed by atoms with Crippen LogP contribution in [0.25, 0.3) is 0 Å². The molecule has 0 saturated carbocycles. The lowest BCUT2D eigenvalue weighted by atomic mass is 10.1. The minimum Gasteiger partial charge on any atom is -0.480 e. The van der Waals surface area contributed by atoms with Gasteiger partial charge in [-0.1, -0.05) is 26.0 Å². The minimum atomic E-state index is -4.32. The predicted octanol–water partition coefficient (Wildman–Crippen LogP) is 2.07. The monoisotopic (exact) mass is 337 g/mol. The molecule has 0 fully saturated rings. The van der Waals surface area contributed by atoms with Crippen molar-refractivity contribution in [2.45, 2.75) is 37.8 Å². The predicted molar refractivity (Wildman–Crippen MR) is 74.3 cm³/mol. The van der Waals surface area contributed by atoms with Crippen LogP contribution < -0.4 is 9.46 Å². The molecule has 0 bridgehead atoms. The summed E-state index contributed by atoms with van der Waals surface area (Å²) in [7, 11) is -4.32. The number of carboxylic acids is 1. The summed E-state index contributed by atoms with van der Waals surface area (Å²) >= 11 is 0. The Morgan fingerprint density at radius 3 is 2.41 bits per heavy atom. The molecule has 0 saturated heterocycles. The molecule has 0 aliphatic heterocycles. The van der Waals surface area contributed by atoms with Crippen LogP contribution >= 0.6 is 0 Å². The average molecular weight is 337 g/mol. The van der Waals surface area contributed by atoms with E-state index in [0.29, 0.717) is 0 Å².